The molecule has 24 aliphatic rings. The van der Waals surface area contributed by atoms with Crippen LogP contribution < -0.4 is 0 Å². The third-order valence-corrected chi connectivity index (χ3v) is 30.3. The van der Waals surface area contributed by atoms with Crippen molar-refractivity contribution in [1.82, 2.24) is 0 Å². The van der Waals surface area contributed by atoms with Crippen LogP contribution in [0.25, 0.3) is 0 Å². The van der Waals surface area contributed by atoms with Gasteiger partial charge in [-0.2, -0.15) is 0 Å². The summed E-state index contributed by atoms with van der Waals surface area (Å²) in [6, 6.07) is 0. The summed E-state index contributed by atoms with van der Waals surface area (Å²) < 4.78 is 0. The molecule has 24 aliphatic carbocycles. The van der Waals surface area contributed by atoms with E-state index in [-0.39, 0.29) is 0 Å². The largest absolute Gasteiger partial charge is 0.0530 e. The molecule has 6 unspecified atom stereocenters. The van der Waals surface area contributed by atoms with Gasteiger partial charge in [0.1, 0.15) is 0 Å². The van der Waals surface area contributed by atoms with Gasteiger partial charge in [-0.3, -0.25) is 0 Å². The Kier molecular flexibility index (Phi) is 29.6. The molecule has 0 aliphatic heterocycles. The van der Waals surface area contributed by atoms with Crippen LogP contribution in [0, 0.1) is 118 Å². The van der Waals surface area contributed by atoms with Crippen LogP contribution in [0.2, 0.25) is 0 Å². The molecule has 24 fully saturated rings. The molecule has 0 radical (unpaired) electrons. The lowest BCUT2D eigenvalue weighted by Crippen LogP contribution is -2.28. The number of rotatable bonds is 0. The maximum absolute atomic E-state index is 1.58. The van der Waals surface area contributed by atoms with Gasteiger partial charge in [0.05, 0.1) is 0 Å². The van der Waals surface area contributed by atoms with Crippen molar-refractivity contribution >= 4 is 0 Å². The molecule has 0 spiro atoms. The molecule has 0 aromatic rings. The molecule has 0 nitrogen and oxygen atoms in total. The molecule has 0 heterocycles. The minimum atomic E-state index is 1.13. The molecule has 24 saturated carbocycles. The van der Waals surface area contributed by atoms with Gasteiger partial charge in [-0.05, 0) is 176 Å². The highest BCUT2D eigenvalue weighted by Crippen LogP contribution is 2.48. The highest BCUT2D eigenvalue weighted by atomic mass is 14.4. The number of hydrogen-bond donors (Lipinski definition) is 0. The maximum atomic E-state index is 1.58. The van der Waals surface area contributed by atoms with E-state index >= 15 is 0 Å². The van der Waals surface area contributed by atoms with Gasteiger partial charge < -0.3 is 0 Å². The monoisotopic (exact) mass is 1190 g/mol. The van der Waals surface area contributed by atoms with E-state index in [0.29, 0.717) is 0 Å². The fraction of sp³-hybridized carbons (Fsp3) is 1.00. The van der Waals surface area contributed by atoms with E-state index in [1.54, 1.807) is 327 Å². The third-order valence-electron chi connectivity index (χ3n) is 30.3. The Bertz CT molecular complexity index is 1540. The molecular weight excluding hydrogens is 1030 g/mol. The van der Waals surface area contributed by atoms with Gasteiger partial charge in [-0.25, -0.2) is 0 Å². The number of hydrogen-bond acceptors (Lipinski definition) is 0. The summed E-state index contributed by atoms with van der Waals surface area (Å²) in [5, 5.41) is 0. The van der Waals surface area contributed by atoms with Gasteiger partial charge in [-0.1, -0.05) is 366 Å². The second kappa shape index (κ2) is 37.8. The van der Waals surface area contributed by atoms with Crippen molar-refractivity contribution in [3.63, 3.8) is 0 Å². The maximum Gasteiger partial charge on any atom is -0.0409 e. The Balaban J connectivity index is 0.0000000994. The second-order valence-electron chi connectivity index (χ2n) is 36.9. The normalized spacial score (nSPS) is 43.5. The van der Waals surface area contributed by atoms with Crippen molar-refractivity contribution in [1.29, 1.82) is 0 Å². The van der Waals surface area contributed by atoms with Crippen molar-refractivity contribution in [2.75, 3.05) is 0 Å². The van der Waals surface area contributed by atoms with E-state index < -0.39 is 0 Å². The first-order valence-electron chi connectivity index (χ1n) is 42.5. The molecule has 0 N–H and O–H groups in total. The average Bonchev–Trinajstić information content (AvgIpc) is 4.22. The van der Waals surface area contributed by atoms with Gasteiger partial charge in [0, 0.05) is 0 Å². The Morgan fingerprint density at radius 3 is 0.360 bits per heavy atom. The first kappa shape index (κ1) is 67.4. The first-order valence-corrected chi connectivity index (χ1v) is 42.5. The van der Waals surface area contributed by atoms with Gasteiger partial charge >= 0.3 is 0 Å². The summed E-state index contributed by atoms with van der Waals surface area (Å²) in [4.78, 5) is 0. The standard InChI is InChI=1S/3C10H18.2C9H16.3C8H14.2C7H12/c1-3-9-5-2-6-10(4-1)8-7-9;1-2-5-10-7-3-6-9(4-1)8-10;1-2-4-10-7-5-9(3-1)6-8-10;1-3-8-5-2-6-9(4-1)7-8;1-2-4-9-6-5-8(3-1)7-9;1-2-8-5-3-7(1)4-6-8;1-2-7-4-5-8(3-1)6-7;1-2-4-8-5-7(3-1)6-8;1-2-7-4-3-6(1)5-7;1-2-6-4-7(3-1)5-6/h3*9-10H,1-8H2;2*8-9H,1-7H2;3*7-8H,1-6H2;2*6-7H,1-5H2. The van der Waals surface area contributed by atoms with Gasteiger partial charge in [0.2, 0.25) is 0 Å². The molecule has 0 saturated heterocycles. The smallest absolute Gasteiger partial charge is 0.0409 e. The van der Waals surface area contributed by atoms with Crippen molar-refractivity contribution in [3.8, 4) is 0 Å². The quantitative estimate of drug-likeness (QED) is 0.227. The molecule has 0 heteroatoms. The number of fused-ring (bicyclic) bond motifs is 26. The predicted octanol–water partition coefficient (Wildman–Crippen LogP) is 28.2. The first-order chi connectivity index (χ1) is 42.5. The fourth-order valence-corrected chi connectivity index (χ4v) is 24.5. The summed E-state index contributed by atoms with van der Waals surface area (Å²) in [6.07, 6.45) is 103. The van der Waals surface area contributed by atoms with Crippen LogP contribution in [-0.2, 0) is 0 Å². The zero-order chi connectivity index (χ0) is 58.2. The van der Waals surface area contributed by atoms with E-state index in [1.165, 1.54) is 132 Å². The molecule has 0 amide bonds. The lowest BCUT2D eigenvalue weighted by atomic mass is 9.65. The molecule has 496 valence electrons. The Morgan fingerprint density at radius 1 is 0.0698 bits per heavy atom. The lowest BCUT2D eigenvalue weighted by molar-refractivity contribution is 0.116. The van der Waals surface area contributed by atoms with Gasteiger partial charge in [0.15, 0.2) is 0 Å². The van der Waals surface area contributed by atoms with E-state index in [0.717, 1.165) is 82.9 Å². The molecule has 24 rings (SSSR count). The third kappa shape index (κ3) is 23.8. The van der Waals surface area contributed by atoms with Gasteiger partial charge in [-0.15, -0.1) is 0 Å². The van der Waals surface area contributed by atoms with Crippen molar-refractivity contribution < 1.29 is 0 Å². The van der Waals surface area contributed by atoms with Crippen LogP contribution in [0.4, 0.5) is 0 Å². The van der Waals surface area contributed by atoms with Crippen LogP contribution >= 0.6 is 0 Å². The minimum Gasteiger partial charge on any atom is -0.0530 e. The summed E-state index contributed by atoms with van der Waals surface area (Å²) in [5.41, 5.74) is 0. The van der Waals surface area contributed by atoms with Crippen molar-refractivity contribution in [2.24, 2.45) is 118 Å². The molecule has 86 heavy (non-hydrogen) atoms. The topological polar surface area (TPSA) is 0 Å². The Morgan fingerprint density at radius 2 is 0.163 bits per heavy atom. The molecule has 6 atom stereocenters. The van der Waals surface area contributed by atoms with E-state index in [1.807, 2.05) is 0 Å². The Labute approximate surface area is 539 Å². The summed E-state index contributed by atoms with van der Waals surface area (Å²) in [7, 11) is 0. The molecule has 20 bridgehead atoms. The summed E-state index contributed by atoms with van der Waals surface area (Å²) in [5.74, 6) is 23.1. The van der Waals surface area contributed by atoms with Crippen molar-refractivity contribution in [2.45, 2.75) is 424 Å². The van der Waals surface area contributed by atoms with Gasteiger partial charge in [0.25, 0.3) is 0 Å². The molecule has 0 aromatic carbocycles. The highest BCUT2D eigenvalue weighted by Gasteiger charge is 2.35. The van der Waals surface area contributed by atoms with Crippen LogP contribution in [0.15, 0.2) is 0 Å². The zero-order valence-electron chi connectivity index (χ0n) is 58.2. The van der Waals surface area contributed by atoms with Crippen LogP contribution in [0.1, 0.15) is 424 Å². The van der Waals surface area contributed by atoms with E-state index in [9.17, 15) is 0 Å². The SMILES string of the molecule is C1CC2CC(C1)C2.C1CC2CCC(C1)C2.C1CC2CCC1C2.C1CC2CCC1CC2.C1CC2CCCC(C1)C2.C1CC2CCCC(C1)CC2.C1CCC2CC(C1)C2.C1CCC2CCC(C1)C2.C1CCC2CCC(C1)CC2.C1CCC2CCCC(C1)C2. The van der Waals surface area contributed by atoms with Crippen molar-refractivity contribution in [3.05, 3.63) is 0 Å². The summed E-state index contributed by atoms with van der Waals surface area (Å²) >= 11 is 0. The van der Waals surface area contributed by atoms with Crippen LogP contribution in [0.5, 0.6) is 0 Å². The minimum absolute atomic E-state index is 1.13. The predicted molar refractivity (Wildman–Crippen MR) is 375 cm³/mol. The molecule has 0 aromatic heterocycles. The fourth-order valence-electron chi connectivity index (χ4n) is 24.5. The van der Waals surface area contributed by atoms with Crippen LogP contribution in [-0.4, -0.2) is 0 Å². The Hall–Kier alpha value is 0. The second-order valence-corrected chi connectivity index (χ2v) is 36.9. The summed E-state index contributed by atoms with van der Waals surface area (Å²) in [6.45, 7) is 0. The van der Waals surface area contributed by atoms with Crippen LogP contribution in [0.3, 0.4) is 0 Å². The zero-order valence-corrected chi connectivity index (χ0v) is 58.2. The average molecular weight is 1190 g/mol. The highest BCUT2D eigenvalue weighted by molar-refractivity contribution is 4.87. The van der Waals surface area contributed by atoms with E-state index in [4.69, 9.17) is 0 Å². The molecular formula is C86H152. The van der Waals surface area contributed by atoms with E-state index in [2.05, 4.69) is 0 Å². The lowest BCUT2D eigenvalue weighted by Gasteiger charge is -2.40.